The van der Waals surface area contributed by atoms with E-state index in [2.05, 4.69) is 24.5 Å². The fourth-order valence-electron chi connectivity index (χ4n) is 2.23. The van der Waals surface area contributed by atoms with Crippen LogP contribution in [0.3, 0.4) is 0 Å². The second kappa shape index (κ2) is 13.5. The van der Waals surface area contributed by atoms with Crippen LogP contribution in [0, 0.1) is 0 Å². The van der Waals surface area contributed by atoms with E-state index < -0.39 is 6.04 Å². The van der Waals surface area contributed by atoms with Crippen molar-refractivity contribution in [2.24, 2.45) is 0 Å². The molecule has 0 aliphatic rings. The summed E-state index contributed by atoms with van der Waals surface area (Å²) in [5, 5.41) is 5.94. The van der Waals surface area contributed by atoms with Crippen LogP contribution in [0.25, 0.3) is 0 Å². The first kappa shape index (κ1) is 25.4. The molecule has 0 aliphatic carbocycles. The molecule has 26 heavy (non-hydrogen) atoms. The molecule has 0 heterocycles. The topological polar surface area (TPSA) is 76.7 Å². The van der Waals surface area contributed by atoms with Gasteiger partial charge in [-0.2, -0.15) is 0 Å². The van der Waals surface area contributed by atoms with E-state index in [9.17, 15) is 9.59 Å². The molecular formula is C19H38N2O4S. The number of carbonyl (C=O) groups is 2. The molecular weight excluding hydrogens is 352 g/mol. The number of ether oxygens (including phenoxy) is 2. The summed E-state index contributed by atoms with van der Waals surface area (Å²) >= 11 is 1.14. The zero-order valence-electron chi connectivity index (χ0n) is 17.5. The molecule has 0 fully saturated rings. The van der Waals surface area contributed by atoms with E-state index in [1.54, 1.807) is 6.26 Å². The number of hydrogen-bond donors (Lipinski definition) is 2. The number of rotatable bonds is 14. The van der Waals surface area contributed by atoms with E-state index in [-0.39, 0.29) is 35.2 Å². The Morgan fingerprint density at radius 3 is 2.35 bits per heavy atom. The molecule has 0 saturated heterocycles. The molecule has 7 heteroatoms. The Morgan fingerprint density at radius 2 is 1.81 bits per heavy atom. The van der Waals surface area contributed by atoms with Crippen LogP contribution in [-0.2, 0) is 19.1 Å². The maximum absolute atomic E-state index is 12.1. The van der Waals surface area contributed by atoms with Crippen molar-refractivity contribution in [3.05, 3.63) is 0 Å². The summed E-state index contributed by atoms with van der Waals surface area (Å²) in [6.45, 7) is 13.6. The smallest absolute Gasteiger partial charge is 0.222 e. The largest absolute Gasteiger partial charge is 0.378 e. The normalized spacial score (nSPS) is 14.3. The van der Waals surface area contributed by atoms with E-state index in [0.717, 1.165) is 24.6 Å². The fourth-order valence-corrected chi connectivity index (χ4v) is 2.66. The van der Waals surface area contributed by atoms with Gasteiger partial charge in [0.1, 0.15) is 0 Å². The van der Waals surface area contributed by atoms with Gasteiger partial charge in [0.25, 0.3) is 0 Å². The lowest BCUT2D eigenvalue weighted by atomic mass is 10.1. The number of hydrogen-bond acceptors (Lipinski definition) is 6. The van der Waals surface area contributed by atoms with Crippen LogP contribution in [0.5, 0.6) is 0 Å². The molecule has 0 aromatic rings. The number of nitrogens with one attached hydrogen (secondary N) is 2. The van der Waals surface area contributed by atoms with Crippen molar-refractivity contribution in [3.63, 3.8) is 0 Å². The molecule has 1 amide bonds. The quantitative estimate of drug-likeness (QED) is 0.444. The molecule has 154 valence electrons. The Balaban J connectivity index is 4.09. The highest BCUT2D eigenvalue weighted by Crippen LogP contribution is 2.15. The molecule has 0 aliphatic heterocycles. The van der Waals surface area contributed by atoms with Gasteiger partial charge in [-0.25, -0.2) is 0 Å². The lowest BCUT2D eigenvalue weighted by molar-refractivity contribution is -0.124. The lowest BCUT2D eigenvalue weighted by Gasteiger charge is -2.26. The van der Waals surface area contributed by atoms with E-state index in [1.165, 1.54) is 0 Å². The second-order valence-corrected chi connectivity index (χ2v) is 8.21. The number of carbonyl (C=O) groups excluding carboxylic acids is 2. The number of amides is 1. The van der Waals surface area contributed by atoms with Crippen molar-refractivity contribution < 1.29 is 19.1 Å². The van der Waals surface area contributed by atoms with Gasteiger partial charge in [0, 0.05) is 25.6 Å². The predicted molar refractivity (Wildman–Crippen MR) is 109 cm³/mol. The van der Waals surface area contributed by atoms with Crippen molar-refractivity contribution in [3.8, 4) is 0 Å². The van der Waals surface area contributed by atoms with Crippen LogP contribution in [-0.4, -0.2) is 60.8 Å². The molecule has 0 bridgehead atoms. The monoisotopic (exact) mass is 390 g/mol. The van der Waals surface area contributed by atoms with Gasteiger partial charge in [0.05, 0.1) is 24.4 Å². The minimum atomic E-state index is -0.458. The third-order valence-electron chi connectivity index (χ3n) is 4.01. The predicted octanol–water partition coefficient (Wildman–Crippen LogP) is 2.75. The summed E-state index contributed by atoms with van der Waals surface area (Å²) < 4.78 is 11.5. The summed E-state index contributed by atoms with van der Waals surface area (Å²) in [7, 11) is 0. The van der Waals surface area contributed by atoms with Crippen LogP contribution in [0.1, 0.15) is 60.8 Å². The van der Waals surface area contributed by atoms with Gasteiger partial charge in [0.2, 0.25) is 11.0 Å². The van der Waals surface area contributed by atoms with Gasteiger partial charge < -0.3 is 20.1 Å². The van der Waals surface area contributed by atoms with Crippen LogP contribution >= 0.6 is 11.8 Å². The maximum Gasteiger partial charge on any atom is 0.222 e. The van der Waals surface area contributed by atoms with Gasteiger partial charge >= 0.3 is 0 Å². The average Bonchev–Trinajstić information content (AvgIpc) is 2.56. The van der Waals surface area contributed by atoms with Crippen LogP contribution < -0.4 is 10.6 Å². The summed E-state index contributed by atoms with van der Waals surface area (Å²) in [5.74, 6) is -0.146. The Bertz CT molecular complexity index is 416. The molecule has 2 N–H and O–H groups in total. The molecule has 0 aromatic carbocycles. The number of thioether (sulfide) groups is 1. The zero-order chi connectivity index (χ0) is 20.2. The average molecular weight is 391 g/mol. The summed E-state index contributed by atoms with van der Waals surface area (Å²) in [4.78, 5) is 24.0. The first-order valence-electron chi connectivity index (χ1n) is 9.47. The van der Waals surface area contributed by atoms with Gasteiger partial charge in [-0.05, 0) is 39.9 Å². The Labute approximate surface area is 163 Å². The summed E-state index contributed by atoms with van der Waals surface area (Å²) in [6, 6.07) is -0.314. The maximum atomic E-state index is 12.1. The second-order valence-electron chi connectivity index (χ2n) is 7.40. The van der Waals surface area contributed by atoms with E-state index in [0.29, 0.717) is 19.8 Å². The highest BCUT2D eigenvalue weighted by Gasteiger charge is 2.22. The van der Waals surface area contributed by atoms with E-state index in [1.807, 2.05) is 27.7 Å². The van der Waals surface area contributed by atoms with Gasteiger partial charge in [-0.3, -0.25) is 9.59 Å². The van der Waals surface area contributed by atoms with E-state index >= 15 is 0 Å². The van der Waals surface area contributed by atoms with Crippen molar-refractivity contribution in [1.82, 2.24) is 10.6 Å². The molecule has 0 radical (unpaired) electrons. The first-order valence-corrected chi connectivity index (χ1v) is 10.7. The minimum absolute atomic E-state index is 0.0208. The third-order valence-corrected chi connectivity index (χ3v) is 4.70. The molecule has 0 saturated carbocycles. The van der Waals surface area contributed by atoms with E-state index in [4.69, 9.17) is 9.47 Å². The zero-order valence-corrected chi connectivity index (χ0v) is 18.3. The highest BCUT2D eigenvalue weighted by atomic mass is 32.2. The lowest BCUT2D eigenvalue weighted by Crippen LogP contribution is -2.43. The Kier molecular flexibility index (Phi) is 13.2. The van der Waals surface area contributed by atoms with Crippen LogP contribution in [0.15, 0.2) is 0 Å². The van der Waals surface area contributed by atoms with Crippen LogP contribution in [0.2, 0.25) is 0 Å². The standard InChI is InChI=1S/C19H38N2O4S/c1-8-15(4)24-11-9-19(5,6)25-12-10-20-17(22)13-16(18(23)26-7)21-14(2)3/h14-16,21H,8-13H2,1-7H3,(H,20,22). The first-order chi connectivity index (χ1) is 12.1. The summed E-state index contributed by atoms with van der Waals surface area (Å²) in [5.41, 5.74) is -0.297. The SMILES string of the molecule is CCC(C)OCCC(C)(C)OCCNC(=O)CC(NC(C)C)C(=O)SC. The van der Waals surface area contributed by atoms with Gasteiger partial charge in [-0.15, -0.1) is 0 Å². The molecule has 0 aromatic heterocycles. The van der Waals surface area contributed by atoms with Gasteiger partial charge in [0.15, 0.2) is 0 Å². The summed E-state index contributed by atoms with van der Waals surface area (Å²) in [6.07, 6.45) is 3.94. The fraction of sp³-hybridized carbons (Fsp3) is 0.895. The van der Waals surface area contributed by atoms with Crippen molar-refractivity contribution in [1.29, 1.82) is 0 Å². The molecule has 2 unspecified atom stereocenters. The Morgan fingerprint density at radius 1 is 1.15 bits per heavy atom. The van der Waals surface area contributed by atoms with Gasteiger partial charge in [-0.1, -0.05) is 32.5 Å². The Hall–Kier alpha value is -0.630. The third kappa shape index (κ3) is 12.7. The van der Waals surface area contributed by atoms with Crippen molar-refractivity contribution in [2.75, 3.05) is 26.0 Å². The van der Waals surface area contributed by atoms with Crippen molar-refractivity contribution in [2.45, 2.75) is 84.6 Å². The molecule has 2 atom stereocenters. The molecule has 0 spiro atoms. The molecule has 6 nitrogen and oxygen atoms in total. The molecule has 0 rings (SSSR count). The van der Waals surface area contributed by atoms with Crippen molar-refractivity contribution >= 4 is 22.8 Å². The highest BCUT2D eigenvalue weighted by molar-refractivity contribution is 8.13. The minimum Gasteiger partial charge on any atom is -0.378 e. The van der Waals surface area contributed by atoms with Crippen LogP contribution in [0.4, 0.5) is 0 Å².